The van der Waals surface area contributed by atoms with Gasteiger partial charge in [-0.2, -0.15) is 0 Å². The van der Waals surface area contributed by atoms with Crippen molar-refractivity contribution in [3.8, 4) is 0 Å². The Morgan fingerprint density at radius 2 is 2.60 bits per heavy atom. The van der Waals surface area contributed by atoms with Crippen molar-refractivity contribution >= 4 is 35.9 Å². The first-order valence-electron chi connectivity index (χ1n) is 1.21. The molecule has 27 valence electrons. The van der Waals surface area contributed by atoms with Gasteiger partial charge >= 0.3 is 41.7 Å². The second kappa shape index (κ2) is 4.63. The van der Waals surface area contributed by atoms with Crippen molar-refractivity contribution < 1.29 is 0 Å². The van der Waals surface area contributed by atoms with E-state index in [1.807, 2.05) is 0 Å². The molecule has 0 unspecified atom stereocenters. The Balaban J connectivity index is 2.40. The van der Waals surface area contributed by atoms with E-state index >= 15 is 0 Å². The van der Waals surface area contributed by atoms with Gasteiger partial charge in [0.1, 0.15) is 0 Å². The van der Waals surface area contributed by atoms with Crippen LogP contribution < -0.4 is 0 Å². The standard InChI is InChI=1S/C2H4BS2/c3-1-2-5-4/h1,4H,2H2. The van der Waals surface area contributed by atoms with E-state index in [-0.39, 0.29) is 0 Å². The van der Waals surface area contributed by atoms with Gasteiger partial charge in [-0.15, -0.1) is 0 Å². The molecule has 0 N–H and O–H groups in total. The van der Waals surface area contributed by atoms with Crippen LogP contribution in [0.4, 0.5) is 0 Å². The molecule has 0 aromatic carbocycles. The maximum atomic E-state index is 4.94. The first-order valence-corrected chi connectivity index (χ1v) is 3.25. The van der Waals surface area contributed by atoms with Crippen LogP contribution in [-0.4, -0.2) is 19.2 Å². The van der Waals surface area contributed by atoms with Gasteiger partial charge < -0.3 is 0 Å². The van der Waals surface area contributed by atoms with Gasteiger partial charge in [-0.1, -0.05) is 0 Å². The van der Waals surface area contributed by atoms with E-state index in [9.17, 15) is 0 Å². The molecule has 0 spiro atoms. The third-order valence-electron chi connectivity index (χ3n) is 0.171. The molecule has 0 aromatic rings. The van der Waals surface area contributed by atoms with E-state index in [1.165, 1.54) is 10.8 Å². The van der Waals surface area contributed by atoms with Gasteiger partial charge in [-0.25, -0.2) is 0 Å². The van der Waals surface area contributed by atoms with Crippen LogP contribution in [0.5, 0.6) is 0 Å². The monoisotopic (exact) mass is 103 g/mol. The predicted octanol–water partition coefficient (Wildman–Crippen LogP) is 0.535. The summed E-state index contributed by atoms with van der Waals surface area (Å²) in [5, 5.41) is 0. The van der Waals surface area contributed by atoms with Gasteiger partial charge in [0.2, 0.25) is 0 Å². The van der Waals surface area contributed by atoms with E-state index in [1.54, 1.807) is 5.97 Å². The maximum absolute atomic E-state index is 4.94. The van der Waals surface area contributed by atoms with Crippen LogP contribution in [0.25, 0.3) is 0 Å². The zero-order valence-corrected chi connectivity index (χ0v) is 4.43. The summed E-state index contributed by atoms with van der Waals surface area (Å²) in [5.41, 5.74) is 0. The van der Waals surface area contributed by atoms with E-state index in [0.717, 1.165) is 5.75 Å². The van der Waals surface area contributed by atoms with E-state index in [4.69, 9.17) is 7.49 Å². The van der Waals surface area contributed by atoms with Gasteiger partial charge in [-0.05, 0) is 0 Å². The van der Waals surface area contributed by atoms with Crippen LogP contribution in [0.3, 0.4) is 0 Å². The fraction of sp³-hybridized carbons (Fsp3) is 0.500. The zero-order chi connectivity index (χ0) is 4.12. The number of rotatable bonds is 2. The molecule has 3 heteroatoms. The van der Waals surface area contributed by atoms with Gasteiger partial charge in [-0.3, -0.25) is 0 Å². The first-order chi connectivity index (χ1) is 2.41. The molecule has 0 rings (SSSR count). The summed E-state index contributed by atoms with van der Waals surface area (Å²) in [6, 6.07) is 0. The molecule has 0 aliphatic carbocycles. The molecule has 0 bridgehead atoms. The summed E-state index contributed by atoms with van der Waals surface area (Å²) in [4.78, 5) is 0. The molecule has 5 heavy (non-hydrogen) atoms. The average Bonchev–Trinajstić information content (AvgIpc) is 1.41. The minimum atomic E-state index is 0.823. The zero-order valence-electron chi connectivity index (χ0n) is 2.72. The molecule has 1 radical (unpaired) electrons. The van der Waals surface area contributed by atoms with Crippen molar-refractivity contribution in [2.24, 2.45) is 0 Å². The fourth-order valence-electron chi connectivity index (χ4n) is 0.0430. The van der Waals surface area contributed by atoms with E-state index in [2.05, 4.69) is 11.7 Å². The van der Waals surface area contributed by atoms with Crippen LogP contribution in [0.15, 0.2) is 0 Å². The Morgan fingerprint density at radius 3 is 2.60 bits per heavy atom. The Bertz CT molecular complexity index is 28.8. The summed E-state index contributed by atoms with van der Waals surface area (Å²) < 4.78 is 0. The number of hydrogen-bond acceptors (Lipinski definition) is 2. The van der Waals surface area contributed by atoms with Crippen molar-refractivity contribution in [3.05, 3.63) is 0 Å². The summed E-state index contributed by atoms with van der Waals surface area (Å²) in [6.07, 6.45) is 0. The van der Waals surface area contributed by atoms with E-state index < -0.39 is 0 Å². The summed E-state index contributed by atoms with van der Waals surface area (Å²) in [5.74, 6) is 2.39. The van der Waals surface area contributed by atoms with Crippen LogP contribution in [0.1, 0.15) is 0 Å². The Morgan fingerprint density at radius 1 is 2.00 bits per heavy atom. The third-order valence-corrected chi connectivity index (χ3v) is 0.959. The van der Waals surface area contributed by atoms with Crippen molar-refractivity contribution in [3.63, 3.8) is 0 Å². The van der Waals surface area contributed by atoms with Gasteiger partial charge in [0.25, 0.3) is 0 Å². The van der Waals surface area contributed by atoms with Crippen LogP contribution in [0, 0.1) is 0 Å². The Kier molecular flexibility index (Phi) is 5.22. The van der Waals surface area contributed by atoms with Crippen LogP contribution in [0.2, 0.25) is 0 Å². The van der Waals surface area contributed by atoms with Gasteiger partial charge in [0, 0.05) is 0 Å². The average molecular weight is 103 g/mol. The summed E-state index contributed by atoms with van der Waals surface area (Å²) in [6.45, 7) is 0. The third kappa shape index (κ3) is 4.63. The predicted molar refractivity (Wildman–Crippen MR) is 33.3 cm³/mol. The normalized spacial score (nSPS) is 7.20. The Labute approximate surface area is 42.2 Å². The quantitative estimate of drug-likeness (QED) is 0.302. The molecule has 0 nitrogen and oxygen atoms in total. The molecule has 0 saturated carbocycles. The topological polar surface area (TPSA) is 0 Å². The molecule has 0 atom stereocenters. The van der Waals surface area contributed by atoms with Crippen molar-refractivity contribution in [2.75, 3.05) is 5.75 Å². The number of thiol groups is 1. The minimum absolute atomic E-state index is 0.823. The summed E-state index contributed by atoms with van der Waals surface area (Å²) >= 11 is 3.81. The molecular weight excluding hydrogens is 99.0 g/mol. The number of hydrogen-bond donors (Lipinski definition) is 1. The van der Waals surface area contributed by atoms with Crippen molar-refractivity contribution in [2.45, 2.75) is 0 Å². The van der Waals surface area contributed by atoms with E-state index in [0.29, 0.717) is 0 Å². The molecule has 0 aromatic heterocycles. The molecule has 0 fully saturated rings. The summed E-state index contributed by atoms with van der Waals surface area (Å²) in [7, 11) is 6.36. The van der Waals surface area contributed by atoms with Crippen LogP contribution in [-0.2, 0) is 0 Å². The van der Waals surface area contributed by atoms with Crippen LogP contribution >= 0.6 is 22.5 Å². The molecule has 0 aliphatic rings. The molecule has 0 saturated heterocycles. The van der Waals surface area contributed by atoms with Crippen molar-refractivity contribution in [1.82, 2.24) is 0 Å². The van der Waals surface area contributed by atoms with Gasteiger partial charge in [0.05, 0.1) is 0 Å². The molecule has 0 aliphatic heterocycles. The molecule has 0 heterocycles. The fourth-order valence-corrected chi connectivity index (χ4v) is 0.387. The molecule has 0 amide bonds. The second-order valence-corrected chi connectivity index (χ2v) is 1.90. The SMILES string of the molecule is [B]=CCSS. The van der Waals surface area contributed by atoms with Crippen molar-refractivity contribution in [1.29, 1.82) is 0 Å². The first kappa shape index (κ1) is 5.63. The second-order valence-electron chi connectivity index (χ2n) is 0.531. The Hall–Kier alpha value is 0.635. The van der Waals surface area contributed by atoms with Gasteiger partial charge in [0.15, 0.2) is 0 Å². The molecular formula is C2H4BS2.